The highest BCUT2D eigenvalue weighted by atomic mass is 35.5. The third-order valence-electron chi connectivity index (χ3n) is 4.67. The molecule has 30 heavy (non-hydrogen) atoms. The third kappa shape index (κ3) is 5.94. The van der Waals surface area contributed by atoms with E-state index in [1.807, 2.05) is 24.3 Å². The maximum absolute atomic E-state index is 12.4. The highest BCUT2D eigenvalue weighted by molar-refractivity contribution is 6.35. The quantitative estimate of drug-likeness (QED) is 0.588. The van der Waals surface area contributed by atoms with Gasteiger partial charge in [-0.3, -0.25) is 4.79 Å². The topological polar surface area (TPSA) is 59.1 Å². The fourth-order valence-electron chi connectivity index (χ4n) is 3.04. The Kier molecular flexibility index (Phi) is 7.69. The summed E-state index contributed by atoms with van der Waals surface area (Å²) in [4.78, 5) is 28.4. The fraction of sp³-hybridized carbons (Fsp3) is 0.333. The summed E-state index contributed by atoms with van der Waals surface area (Å²) < 4.78 is 10.6. The zero-order valence-electron chi connectivity index (χ0n) is 16.3. The molecule has 0 saturated carbocycles. The molecule has 1 heterocycles. The first-order valence-corrected chi connectivity index (χ1v) is 10.5. The van der Waals surface area contributed by atoms with Gasteiger partial charge < -0.3 is 19.3 Å². The molecule has 2 aromatic rings. The summed E-state index contributed by atoms with van der Waals surface area (Å²) in [6.45, 7) is 3.62. The van der Waals surface area contributed by atoms with Crippen LogP contribution in [0.2, 0.25) is 15.1 Å². The van der Waals surface area contributed by atoms with Gasteiger partial charge in [0, 0.05) is 41.9 Å². The second-order valence-electron chi connectivity index (χ2n) is 6.79. The number of halogens is 3. The molecular weight excluding hydrogens is 451 g/mol. The van der Waals surface area contributed by atoms with Gasteiger partial charge in [0.25, 0.3) is 5.91 Å². The lowest BCUT2D eigenvalue weighted by molar-refractivity contribution is -0.157. The van der Waals surface area contributed by atoms with E-state index in [1.54, 1.807) is 17.0 Å². The number of rotatable bonds is 6. The summed E-state index contributed by atoms with van der Waals surface area (Å²) in [6, 6.07) is 12.3. The minimum Gasteiger partial charge on any atom is -0.477 e. The molecule has 1 saturated heterocycles. The Bertz CT molecular complexity index is 917. The number of benzene rings is 2. The van der Waals surface area contributed by atoms with E-state index in [2.05, 4.69) is 4.90 Å². The van der Waals surface area contributed by atoms with Crippen molar-refractivity contribution in [3.63, 3.8) is 0 Å². The molecule has 0 N–H and O–H groups in total. The number of ether oxygens (including phenoxy) is 2. The van der Waals surface area contributed by atoms with Gasteiger partial charge in [-0.05, 0) is 43.3 Å². The van der Waals surface area contributed by atoms with Crippen LogP contribution in [0.15, 0.2) is 42.5 Å². The molecule has 1 aliphatic heterocycles. The first kappa shape index (κ1) is 22.5. The van der Waals surface area contributed by atoms with Crippen LogP contribution in [-0.4, -0.2) is 55.7 Å². The second kappa shape index (κ2) is 10.2. The number of carbonyl (C=O) groups is 2. The molecule has 1 fully saturated rings. The van der Waals surface area contributed by atoms with Gasteiger partial charge in [0.05, 0.1) is 5.02 Å². The molecule has 6 nitrogen and oxygen atoms in total. The van der Waals surface area contributed by atoms with Gasteiger partial charge in [0.15, 0.2) is 12.7 Å². The van der Waals surface area contributed by atoms with Gasteiger partial charge in [-0.25, -0.2) is 4.79 Å². The molecule has 1 unspecified atom stereocenters. The fourth-order valence-corrected chi connectivity index (χ4v) is 3.68. The smallest absolute Gasteiger partial charge is 0.347 e. The predicted octanol–water partition coefficient (Wildman–Crippen LogP) is 4.31. The Morgan fingerprint density at radius 2 is 1.70 bits per heavy atom. The summed E-state index contributed by atoms with van der Waals surface area (Å²) in [5.41, 5.74) is 1.02. The van der Waals surface area contributed by atoms with Crippen molar-refractivity contribution in [1.82, 2.24) is 4.90 Å². The number of piperazine rings is 1. The van der Waals surface area contributed by atoms with Gasteiger partial charge in [-0.2, -0.15) is 0 Å². The number of carbonyl (C=O) groups excluding carboxylic acids is 2. The number of hydrogen-bond acceptors (Lipinski definition) is 5. The largest absolute Gasteiger partial charge is 0.477 e. The number of nitrogens with zero attached hydrogens (tertiary/aromatic N) is 2. The molecule has 1 amide bonds. The van der Waals surface area contributed by atoms with Crippen LogP contribution in [-0.2, 0) is 14.3 Å². The minimum atomic E-state index is -0.920. The van der Waals surface area contributed by atoms with Crippen LogP contribution in [0.4, 0.5) is 5.69 Å². The molecule has 1 atom stereocenters. The zero-order chi connectivity index (χ0) is 21.7. The lowest BCUT2D eigenvalue weighted by atomic mass is 10.2. The number of anilines is 1. The van der Waals surface area contributed by atoms with E-state index >= 15 is 0 Å². The normalized spacial score (nSPS) is 14.9. The van der Waals surface area contributed by atoms with Crippen LogP contribution in [0.5, 0.6) is 5.75 Å². The van der Waals surface area contributed by atoms with E-state index in [1.165, 1.54) is 13.0 Å². The van der Waals surface area contributed by atoms with Gasteiger partial charge in [0.1, 0.15) is 5.75 Å². The first-order valence-electron chi connectivity index (χ1n) is 9.40. The van der Waals surface area contributed by atoms with E-state index in [0.717, 1.165) is 5.69 Å². The molecule has 2 aromatic carbocycles. The van der Waals surface area contributed by atoms with Crippen molar-refractivity contribution in [2.24, 2.45) is 0 Å². The maximum Gasteiger partial charge on any atom is 0.347 e. The summed E-state index contributed by atoms with van der Waals surface area (Å²) in [5.74, 6) is -0.577. The van der Waals surface area contributed by atoms with Gasteiger partial charge >= 0.3 is 5.97 Å². The highest BCUT2D eigenvalue weighted by Gasteiger charge is 2.24. The van der Waals surface area contributed by atoms with E-state index < -0.39 is 12.1 Å². The minimum absolute atomic E-state index is 0.245. The summed E-state index contributed by atoms with van der Waals surface area (Å²) in [5, 5.41) is 1.42. The molecule has 9 heteroatoms. The van der Waals surface area contributed by atoms with Gasteiger partial charge in [0.2, 0.25) is 0 Å². The van der Waals surface area contributed by atoms with Gasteiger partial charge in [-0.1, -0.05) is 40.9 Å². The second-order valence-corrected chi connectivity index (χ2v) is 8.07. The van der Waals surface area contributed by atoms with Crippen molar-refractivity contribution in [3.05, 3.63) is 57.5 Å². The van der Waals surface area contributed by atoms with Crippen LogP contribution in [0, 0.1) is 0 Å². The highest BCUT2D eigenvalue weighted by Crippen LogP contribution is 2.28. The lowest BCUT2D eigenvalue weighted by Gasteiger charge is -2.36. The zero-order valence-corrected chi connectivity index (χ0v) is 18.6. The molecule has 0 bridgehead atoms. The molecule has 0 aromatic heterocycles. The van der Waals surface area contributed by atoms with Crippen LogP contribution in [0.1, 0.15) is 6.92 Å². The van der Waals surface area contributed by atoms with Crippen molar-refractivity contribution in [3.8, 4) is 5.75 Å². The Labute approximate surface area is 190 Å². The maximum atomic E-state index is 12.4. The monoisotopic (exact) mass is 470 g/mol. The number of amides is 1. The number of hydrogen-bond donors (Lipinski definition) is 0. The third-order valence-corrected chi connectivity index (χ3v) is 5.44. The molecule has 160 valence electrons. The molecule has 0 aliphatic carbocycles. The van der Waals surface area contributed by atoms with Crippen molar-refractivity contribution in [2.45, 2.75) is 13.0 Å². The van der Waals surface area contributed by atoms with Crippen LogP contribution >= 0.6 is 34.8 Å². The first-order chi connectivity index (χ1) is 14.3. The van der Waals surface area contributed by atoms with Crippen molar-refractivity contribution < 1.29 is 19.1 Å². The van der Waals surface area contributed by atoms with E-state index in [4.69, 9.17) is 44.3 Å². The summed E-state index contributed by atoms with van der Waals surface area (Å²) in [7, 11) is 0. The summed E-state index contributed by atoms with van der Waals surface area (Å²) >= 11 is 17.9. The average molecular weight is 472 g/mol. The Hall–Kier alpha value is -2.15. The Morgan fingerprint density at radius 1 is 1.00 bits per heavy atom. The molecular formula is C21H21Cl3N2O4. The predicted molar refractivity (Wildman–Crippen MR) is 118 cm³/mol. The van der Waals surface area contributed by atoms with Crippen LogP contribution in [0.25, 0.3) is 0 Å². The number of esters is 1. The van der Waals surface area contributed by atoms with E-state index in [-0.39, 0.29) is 17.5 Å². The Balaban J connectivity index is 1.44. The van der Waals surface area contributed by atoms with Crippen molar-refractivity contribution in [2.75, 3.05) is 37.7 Å². The molecule has 0 radical (unpaired) electrons. The average Bonchev–Trinajstić information content (AvgIpc) is 2.73. The molecule has 0 spiro atoms. The SMILES string of the molecule is CC(Oc1ccc(Cl)cc1Cl)C(=O)OCC(=O)N1CCN(c2cccc(Cl)c2)CC1. The van der Waals surface area contributed by atoms with Gasteiger partial charge in [-0.15, -0.1) is 0 Å². The molecule has 3 rings (SSSR count). The Morgan fingerprint density at radius 3 is 2.37 bits per heavy atom. The lowest BCUT2D eigenvalue weighted by Crippen LogP contribution is -2.50. The molecule has 1 aliphatic rings. The standard InChI is InChI=1S/C21H21Cl3N2O4/c1-14(30-19-6-5-16(23)12-18(19)24)21(28)29-13-20(27)26-9-7-25(8-10-26)17-4-2-3-15(22)11-17/h2-6,11-12,14H,7-10,13H2,1H3. The van der Waals surface area contributed by atoms with E-state index in [0.29, 0.717) is 42.0 Å². The summed E-state index contributed by atoms with van der Waals surface area (Å²) in [6.07, 6.45) is -0.920. The van der Waals surface area contributed by atoms with Crippen LogP contribution in [0.3, 0.4) is 0 Å². The van der Waals surface area contributed by atoms with E-state index in [9.17, 15) is 9.59 Å². The van der Waals surface area contributed by atoms with Crippen LogP contribution < -0.4 is 9.64 Å². The van der Waals surface area contributed by atoms with Crippen molar-refractivity contribution >= 4 is 52.4 Å². The van der Waals surface area contributed by atoms with Crippen molar-refractivity contribution in [1.29, 1.82) is 0 Å².